The summed E-state index contributed by atoms with van der Waals surface area (Å²) < 4.78 is 40.2. The van der Waals surface area contributed by atoms with Crippen LogP contribution in [-0.4, -0.2) is 17.9 Å². The third-order valence-corrected chi connectivity index (χ3v) is 6.96. The minimum atomic E-state index is -4.69. The predicted octanol–water partition coefficient (Wildman–Crippen LogP) is 7.34. The van der Waals surface area contributed by atoms with Gasteiger partial charge in [-0.1, -0.05) is 58.3 Å². The van der Waals surface area contributed by atoms with E-state index in [1.807, 2.05) is 12.1 Å². The smallest absolute Gasteiger partial charge is 0.366 e. The summed E-state index contributed by atoms with van der Waals surface area (Å²) in [7, 11) is 0. The fourth-order valence-corrected chi connectivity index (χ4v) is 4.73. The molecule has 4 rings (SSSR count). The Labute approximate surface area is 244 Å². The van der Waals surface area contributed by atoms with Crippen LogP contribution in [0.4, 0.5) is 29.3 Å². The molecular formula is C29H27ClF3N7O2. The Bertz CT molecular complexity index is 1540. The van der Waals surface area contributed by atoms with Gasteiger partial charge in [-0.15, -0.1) is 0 Å². The second-order valence-corrected chi connectivity index (χ2v) is 9.77. The normalized spacial score (nSPS) is 14.0. The van der Waals surface area contributed by atoms with Crippen LogP contribution >= 0.6 is 11.6 Å². The quantitative estimate of drug-likeness (QED) is 0.0899. The summed E-state index contributed by atoms with van der Waals surface area (Å²) in [5.74, 6) is 3.82. The first kappa shape index (κ1) is 30.3. The lowest BCUT2D eigenvalue weighted by molar-refractivity contribution is -0.137. The minimum absolute atomic E-state index is 0.0196. The van der Waals surface area contributed by atoms with Crippen LogP contribution in [0.2, 0.25) is 5.02 Å². The lowest BCUT2D eigenvalue weighted by atomic mass is 9.93. The molecular weight excluding hydrogens is 571 g/mol. The van der Waals surface area contributed by atoms with E-state index in [-0.39, 0.29) is 17.8 Å². The zero-order valence-electron chi connectivity index (χ0n) is 22.2. The second-order valence-electron chi connectivity index (χ2n) is 9.39. The lowest BCUT2D eigenvalue weighted by Gasteiger charge is -2.25. The van der Waals surface area contributed by atoms with Crippen molar-refractivity contribution < 1.29 is 22.8 Å². The van der Waals surface area contributed by atoms with Crippen LogP contribution in [0.25, 0.3) is 5.57 Å². The molecule has 0 spiro atoms. The third-order valence-electron chi connectivity index (χ3n) is 6.55. The molecule has 42 heavy (non-hydrogen) atoms. The number of aliphatic imine (C=N–C) groups is 1. The van der Waals surface area contributed by atoms with Crippen LogP contribution in [-0.2, 0) is 12.7 Å². The van der Waals surface area contributed by atoms with E-state index < -0.39 is 34.7 Å². The number of halogens is 4. The Morgan fingerprint density at radius 3 is 2.33 bits per heavy atom. The molecule has 3 amide bonds. The topological polar surface area (TPSA) is 139 Å². The maximum absolute atomic E-state index is 13.5. The van der Waals surface area contributed by atoms with Gasteiger partial charge >= 0.3 is 12.2 Å². The van der Waals surface area contributed by atoms with E-state index in [2.05, 4.69) is 26.7 Å². The van der Waals surface area contributed by atoms with Gasteiger partial charge in [-0.3, -0.25) is 9.69 Å². The summed E-state index contributed by atoms with van der Waals surface area (Å²) in [5.41, 5.74) is 7.79. The van der Waals surface area contributed by atoms with Gasteiger partial charge in [0.2, 0.25) is 5.96 Å². The van der Waals surface area contributed by atoms with Crippen molar-refractivity contribution >= 4 is 46.4 Å². The van der Waals surface area contributed by atoms with Gasteiger partial charge in [-0.2, -0.15) is 18.2 Å². The highest BCUT2D eigenvalue weighted by atomic mass is 35.5. The van der Waals surface area contributed by atoms with Crippen LogP contribution in [0.5, 0.6) is 0 Å². The number of anilines is 2. The highest BCUT2D eigenvalue weighted by Gasteiger charge is 2.34. The maximum Gasteiger partial charge on any atom is 0.417 e. The van der Waals surface area contributed by atoms with Crippen molar-refractivity contribution in [2.24, 2.45) is 26.9 Å². The molecule has 0 heterocycles. The van der Waals surface area contributed by atoms with Crippen molar-refractivity contribution in [3.05, 3.63) is 100 Å². The fraction of sp³-hybridized carbons (Fsp3) is 0.207. The summed E-state index contributed by atoms with van der Waals surface area (Å²) in [6.45, 7) is 0.0196. The number of benzene rings is 3. The van der Waals surface area contributed by atoms with E-state index >= 15 is 0 Å². The van der Waals surface area contributed by atoms with Crippen LogP contribution in [0, 0.1) is 0 Å². The Balaban J connectivity index is 1.62. The molecule has 0 atom stereocenters. The summed E-state index contributed by atoms with van der Waals surface area (Å²) >= 11 is 6.03. The Hall–Kier alpha value is -4.71. The number of carbonyl (C=O) groups is 2. The summed E-state index contributed by atoms with van der Waals surface area (Å²) in [5, 5.41) is 8.14. The van der Waals surface area contributed by atoms with Crippen molar-refractivity contribution in [2.45, 2.75) is 38.4 Å². The number of guanidine groups is 1. The molecule has 0 unspecified atom stereocenters. The molecule has 0 bridgehead atoms. The lowest BCUT2D eigenvalue weighted by Crippen LogP contribution is -2.34. The molecule has 218 valence electrons. The van der Waals surface area contributed by atoms with Gasteiger partial charge in [-0.05, 0) is 78.8 Å². The molecule has 0 aliphatic heterocycles. The zero-order valence-corrected chi connectivity index (χ0v) is 23.0. The molecule has 0 saturated heterocycles. The number of allylic oxidation sites excluding steroid dienone is 2. The number of nitrogens with one attached hydrogen (secondary N) is 1. The van der Waals surface area contributed by atoms with E-state index in [0.29, 0.717) is 11.3 Å². The number of hydrogen-bond acceptors (Lipinski definition) is 3. The van der Waals surface area contributed by atoms with Gasteiger partial charge in [0, 0.05) is 11.3 Å². The molecule has 1 aliphatic rings. The minimum Gasteiger partial charge on any atom is -0.366 e. The van der Waals surface area contributed by atoms with Crippen LogP contribution in [0.15, 0.2) is 88.1 Å². The summed E-state index contributed by atoms with van der Waals surface area (Å²) in [4.78, 5) is 30.8. The first-order valence-corrected chi connectivity index (χ1v) is 13.3. The third kappa shape index (κ3) is 7.52. The largest absolute Gasteiger partial charge is 0.417 e. The first-order chi connectivity index (χ1) is 20.1. The zero-order chi connectivity index (χ0) is 30.3. The van der Waals surface area contributed by atoms with Crippen molar-refractivity contribution in [3.63, 3.8) is 0 Å². The Morgan fingerprint density at radius 1 is 1.00 bits per heavy atom. The highest BCUT2D eigenvalue weighted by Crippen LogP contribution is 2.38. The number of alkyl halides is 3. The molecule has 1 aliphatic carbocycles. The van der Waals surface area contributed by atoms with Gasteiger partial charge in [0.25, 0.3) is 5.91 Å². The van der Waals surface area contributed by atoms with Crippen LogP contribution in [0.3, 0.4) is 0 Å². The number of nitrogens with two attached hydrogens (primary N) is 2. The average molecular weight is 598 g/mol. The Kier molecular flexibility index (Phi) is 9.58. The number of amides is 3. The van der Waals surface area contributed by atoms with E-state index in [1.165, 1.54) is 34.7 Å². The van der Waals surface area contributed by atoms with Gasteiger partial charge in [0.15, 0.2) is 0 Å². The van der Waals surface area contributed by atoms with Gasteiger partial charge in [0.05, 0.1) is 22.8 Å². The van der Waals surface area contributed by atoms with E-state index in [4.69, 9.17) is 23.2 Å². The van der Waals surface area contributed by atoms with Gasteiger partial charge in [-0.25, -0.2) is 4.79 Å². The van der Waals surface area contributed by atoms with Crippen LogP contribution in [0.1, 0.15) is 52.7 Å². The molecule has 0 saturated carbocycles. The number of carbonyl (C=O) groups excluding carboxylic acids is 2. The molecule has 3 aromatic carbocycles. The number of urea groups is 1. The summed E-state index contributed by atoms with van der Waals surface area (Å²) in [6, 6.07) is 16.2. The number of nitrogens with zero attached hydrogens (tertiary/aromatic N) is 4. The van der Waals surface area contributed by atoms with E-state index in [9.17, 15) is 22.8 Å². The molecule has 0 fully saturated rings. The second kappa shape index (κ2) is 13.3. The molecule has 13 heteroatoms. The monoisotopic (exact) mass is 597 g/mol. The average Bonchev–Trinajstić information content (AvgIpc) is 2.97. The van der Waals surface area contributed by atoms with Gasteiger partial charge < -0.3 is 16.9 Å². The van der Waals surface area contributed by atoms with Gasteiger partial charge in [0.1, 0.15) is 0 Å². The van der Waals surface area contributed by atoms with Crippen molar-refractivity contribution in [3.8, 4) is 0 Å². The first-order valence-electron chi connectivity index (χ1n) is 12.9. The predicted molar refractivity (Wildman–Crippen MR) is 156 cm³/mol. The standard InChI is InChI=1S/C29H27ClF3N7O2/c30-25-23(29(31,32)33)7-4-8-24(25)36-28(42)40(22-15-13-20(14-16-22)19-5-2-1-3-6-19)17-18-9-11-21(12-10-18)26(41)37-27(34)38-39-35/h4-5,7-16H,1-3,6,17H2,(H,36,42)(H4,34,35,37,38,41). The van der Waals surface area contributed by atoms with E-state index in [1.54, 1.807) is 24.3 Å². The SMILES string of the molecule is N/N=N\C(N)=NC(=O)c1ccc(CN(C(=O)Nc2cccc(C(F)(F)F)c2Cl)c2ccc(C3=CCCCC3)cc2)cc1. The van der Waals surface area contributed by atoms with Crippen molar-refractivity contribution in [1.82, 2.24) is 0 Å². The van der Waals surface area contributed by atoms with Crippen molar-refractivity contribution in [1.29, 1.82) is 0 Å². The fourth-order valence-electron chi connectivity index (χ4n) is 4.45. The number of rotatable bonds is 6. The highest BCUT2D eigenvalue weighted by molar-refractivity contribution is 6.34. The molecule has 3 aromatic rings. The molecule has 5 N–H and O–H groups in total. The van der Waals surface area contributed by atoms with E-state index in [0.717, 1.165) is 37.3 Å². The Morgan fingerprint density at radius 2 is 1.71 bits per heavy atom. The molecule has 0 radical (unpaired) electrons. The van der Waals surface area contributed by atoms with Crippen LogP contribution < -0.4 is 21.8 Å². The maximum atomic E-state index is 13.5. The number of hydrogen-bond donors (Lipinski definition) is 3. The molecule has 9 nitrogen and oxygen atoms in total. The van der Waals surface area contributed by atoms with Crippen molar-refractivity contribution in [2.75, 3.05) is 10.2 Å². The molecule has 0 aromatic heterocycles. The summed E-state index contributed by atoms with van der Waals surface area (Å²) in [6.07, 6.45) is 1.74.